The van der Waals surface area contributed by atoms with Gasteiger partial charge in [0.2, 0.25) is 5.91 Å². The number of amides is 1. The summed E-state index contributed by atoms with van der Waals surface area (Å²) in [5.74, 6) is 0.879. The highest BCUT2D eigenvalue weighted by molar-refractivity contribution is 5.79. The van der Waals surface area contributed by atoms with Crippen LogP contribution in [-0.2, 0) is 17.8 Å². The molecule has 1 amide bonds. The molecule has 0 radical (unpaired) electrons. The molecule has 0 saturated carbocycles. The lowest BCUT2D eigenvalue weighted by molar-refractivity contribution is -0.120. The van der Waals surface area contributed by atoms with Crippen molar-refractivity contribution in [1.29, 1.82) is 0 Å². The van der Waals surface area contributed by atoms with Crippen LogP contribution in [-0.4, -0.2) is 27.0 Å². The lowest BCUT2D eigenvalue weighted by atomic mass is 10.1. The molecular formula is C23H22N4O. The normalized spacial score (nSPS) is 10.9. The summed E-state index contributed by atoms with van der Waals surface area (Å²) in [5, 5.41) is 3.01. The van der Waals surface area contributed by atoms with Crippen LogP contribution in [0.15, 0.2) is 72.9 Å². The fourth-order valence-electron chi connectivity index (χ4n) is 3.24. The van der Waals surface area contributed by atoms with Crippen LogP contribution < -0.4 is 5.32 Å². The van der Waals surface area contributed by atoms with Gasteiger partial charge in [0.1, 0.15) is 11.3 Å². The van der Waals surface area contributed by atoms with Gasteiger partial charge in [-0.05, 0) is 24.6 Å². The third-order valence-electron chi connectivity index (χ3n) is 4.68. The number of imidazole rings is 1. The number of nitrogens with zero attached hydrogens (tertiary/aromatic N) is 3. The van der Waals surface area contributed by atoms with Crippen LogP contribution in [0.5, 0.6) is 0 Å². The van der Waals surface area contributed by atoms with Gasteiger partial charge in [0, 0.05) is 24.8 Å². The quantitative estimate of drug-likeness (QED) is 0.562. The Bertz CT molecular complexity index is 1080. The standard InChI is InChI=1S/C23H22N4O/c1-17-9-11-18(12-10-17)16-21(28)24-14-15-27-22(19-6-3-2-4-7-19)26-20-8-5-13-25-23(20)27/h2-13H,14-16H2,1H3,(H,24,28). The molecule has 0 aliphatic heterocycles. The van der Waals surface area contributed by atoms with Gasteiger partial charge in [-0.2, -0.15) is 0 Å². The number of hydrogen-bond acceptors (Lipinski definition) is 3. The summed E-state index contributed by atoms with van der Waals surface area (Å²) in [5.41, 5.74) is 4.92. The van der Waals surface area contributed by atoms with Crippen molar-refractivity contribution in [2.75, 3.05) is 6.54 Å². The van der Waals surface area contributed by atoms with Gasteiger partial charge in [0.15, 0.2) is 5.65 Å². The van der Waals surface area contributed by atoms with Gasteiger partial charge in [0.25, 0.3) is 0 Å². The van der Waals surface area contributed by atoms with E-state index in [0.29, 0.717) is 19.5 Å². The molecule has 0 bridgehead atoms. The van der Waals surface area contributed by atoms with E-state index in [1.165, 1.54) is 5.56 Å². The maximum absolute atomic E-state index is 12.3. The first kappa shape index (κ1) is 17.9. The lowest BCUT2D eigenvalue weighted by Gasteiger charge is -2.10. The van der Waals surface area contributed by atoms with Gasteiger partial charge in [-0.25, -0.2) is 9.97 Å². The largest absolute Gasteiger partial charge is 0.354 e. The number of aromatic nitrogens is 3. The van der Waals surface area contributed by atoms with Crippen molar-refractivity contribution >= 4 is 17.1 Å². The Morgan fingerprint density at radius 2 is 1.79 bits per heavy atom. The average molecular weight is 370 g/mol. The summed E-state index contributed by atoms with van der Waals surface area (Å²) < 4.78 is 2.07. The number of carbonyl (C=O) groups excluding carboxylic acids is 1. The second-order valence-corrected chi connectivity index (χ2v) is 6.81. The minimum atomic E-state index is 0.0162. The van der Waals surface area contributed by atoms with Crippen molar-refractivity contribution in [2.45, 2.75) is 19.9 Å². The number of benzene rings is 2. The van der Waals surface area contributed by atoms with Gasteiger partial charge in [0.05, 0.1) is 6.42 Å². The zero-order valence-corrected chi connectivity index (χ0v) is 15.8. The summed E-state index contributed by atoms with van der Waals surface area (Å²) in [6.45, 7) is 3.17. The summed E-state index contributed by atoms with van der Waals surface area (Å²) in [4.78, 5) is 21.5. The molecule has 140 valence electrons. The Labute approximate surface area is 164 Å². The van der Waals surface area contributed by atoms with E-state index in [1.807, 2.05) is 73.7 Å². The third kappa shape index (κ3) is 3.93. The molecule has 0 aliphatic carbocycles. The summed E-state index contributed by atoms with van der Waals surface area (Å²) in [7, 11) is 0. The average Bonchev–Trinajstić information content (AvgIpc) is 3.09. The summed E-state index contributed by atoms with van der Waals surface area (Å²) >= 11 is 0. The summed E-state index contributed by atoms with van der Waals surface area (Å²) in [6, 6.07) is 21.9. The molecule has 1 N–H and O–H groups in total. The minimum Gasteiger partial charge on any atom is -0.354 e. The molecule has 28 heavy (non-hydrogen) atoms. The van der Waals surface area contributed by atoms with E-state index in [1.54, 1.807) is 6.20 Å². The molecule has 4 aromatic rings. The molecular weight excluding hydrogens is 348 g/mol. The monoisotopic (exact) mass is 370 g/mol. The fourth-order valence-corrected chi connectivity index (χ4v) is 3.24. The maximum atomic E-state index is 12.3. The van der Waals surface area contributed by atoms with Crippen molar-refractivity contribution in [3.63, 3.8) is 0 Å². The first-order valence-corrected chi connectivity index (χ1v) is 9.39. The Hall–Kier alpha value is -3.47. The second-order valence-electron chi connectivity index (χ2n) is 6.81. The van der Waals surface area contributed by atoms with Gasteiger partial charge in [-0.3, -0.25) is 4.79 Å². The molecule has 0 atom stereocenters. The minimum absolute atomic E-state index is 0.0162. The molecule has 0 fully saturated rings. The Morgan fingerprint density at radius 3 is 2.57 bits per heavy atom. The van der Waals surface area contributed by atoms with Crippen LogP contribution in [0.3, 0.4) is 0 Å². The van der Waals surface area contributed by atoms with Crippen LogP contribution in [0.25, 0.3) is 22.6 Å². The van der Waals surface area contributed by atoms with Crippen LogP contribution in [0.2, 0.25) is 0 Å². The van der Waals surface area contributed by atoms with E-state index in [2.05, 4.69) is 14.9 Å². The van der Waals surface area contributed by atoms with E-state index >= 15 is 0 Å². The molecule has 5 heteroatoms. The Kier molecular flexibility index (Phi) is 5.15. The third-order valence-corrected chi connectivity index (χ3v) is 4.68. The first-order valence-electron chi connectivity index (χ1n) is 9.39. The van der Waals surface area contributed by atoms with E-state index < -0.39 is 0 Å². The highest BCUT2D eigenvalue weighted by Crippen LogP contribution is 2.23. The van der Waals surface area contributed by atoms with Crippen LogP contribution >= 0.6 is 0 Å². The number of aryl methyl sites for hydroxylation is 1. The molecule has 0 spiro atoms. The summed E-state index contributed by atoms with van der Waals surface area (Å²) in [6.07, 6.45) is 2.15. The van der Waals surface area contributed by atoms with E-state index in [0.717, 1.165) is 28.1 Å². The number of rotatable bonds is 6. The molecule has 0 unspecified atom stereocenters. The first-order chi connectivity index (χ1) is 13.7. The predicted octanol–water partition coefficient (Wildman–Crippen LogP) is 3.77. The number of nitrogens with one attached hydrogen (secondary N) is 1. The van der Waals surface area contributed by atoms with Crippen LogP contribution in [0.4, 0.5) is 0 Å². The van der Waals surface area contributed by atoms with Crippen molar-refractivity contribution in [3.8, 4) is 11.4 Å². The second kappa shape index (κ2) is 8.05. The molecule has 0 aliphatic rings. The van der Waals surface area contributed by atoms with E-state index in [-0.39, 0.29) is 5.91 Å². The predicted molar refractivity (Wildman–Crippen MR) is 111 cm³/mol. The molecule has 4 rings (SSSR count). The smallest absolute Gasteiger partial charge is 0.224 e. The highest BCUT2D eigenvalue weighted by Gasteiger charge is 2.13. The zero-order chi connectivity index (χ0) is 19.3. The lowest BCUT2D eigenvalue weighted by Crippen LogP contribution is -2.28. The van der Waals surface area contributed by atoms with Gasteiger partial charge in [-0.15, -0.1) is 0 Å². The molecule has 5 nitrogen and oxygen atoms in total. The fraction of sp³-hybridized carbons (Fsp3) is 0.174. The molecule has 2 heterocycles. The highest BCUT2D eigenvalue weighted by atomic mass is 16.1. The topological polar surface area (TPSA) is 59.8 Å². The molecule has 2 aromatic carbocycles. The van der Waals surface area contributed by atoms with E-state index in [9.17, 15) is 4.79 Å². The Balaban J connectivity index is 1.48. The van der Waals surface area contributed by atoms with Crippen LogP contribution in [0.1, 0.15) is 11.1 Å². The van der Waals surface area contributed by atoms with Gasteiger partial charge < -0.3 is 9.88 Å². The SMILES string of the molecule is Cc1ccc(CC(=O)NCCn2c(-c3ccccc3)nc3cccnc32)cc1. The van der Waals surface area contributed by atoms with E-state index in [4.69, 9.17) is 4.98 Å². The Morgan fingerprint density at radius 1 is 1.00 bits per heavy atom. The van der Waals surface area contributed by atoms with Crippen molar-refractivity contribution in [1.82, 2.24) is 19.9 Å². The number of pyridine rings is 1. The number of carbonyl (C=O) groups is 1. The molecule has 2 aromatic heterocycles. The number of fused-ring (bicyclic) bond motifs is 1. The van der Waals surface area contributed by atoms with Crippen molar-refractivity contribution in [3.05, 3.63) is 84.1 Å². The van der Waals surface area contributed by atoms with Crippen molar-refractivity contribution < 1.29 is 4.79 Å². The van der Waals surface area contributed by atoms with Crippen LogP contribution in [0, 0.1) is 6.92 Å². The zero-order valence-electron chi connectivity index (χ0n) is 15.8. The van der Waals surface area contributed by atoms with Gasteiger partial charge >= 0.3 is 0 Å². The van der Waals surface area contributed by atoms with Gasteiger partial charge in [-0.1, -0.05) is 60.2 Å². The maximum Gasteiger partial charge on any atom is 0.224 e. The molecule has 0 saturated heterocycles. The van der Waals surface area contributed by atoms with Crippen molar-refractivity contribution in [2.24, 2.45) is 0 Å². The number of hydrogen-bond donors (Lipinski definition) is 1.